The molecule has 0 radical (unpaired) electrons. The normalized spacial score (nSPS) is 11.7. The quantitative estimate of drug-likeness (QED) is 0.407. The first-order valence-corrected chi connectivity index (χ1v) is 7.96. The lowest BCUT2D eigenvalue weighted by atomic mass is 10.1. The second-order valence-electron chi connectivity index (χ2n) is 6.02. The second kappa shape index (κ2) is 6.03. The molecule has 1 aromatic carbocycles. The van der Waals surface area contributed by atoms with E-state index in [4.69, 9.17) is 0 Å². The highest BCUT2D eigenvalue weighted by Gasteiger charge is 2.17. The Morgan fingerprint density at radius 3 is 2.62 bits per heavy atom. The van der Waals surface area contributed by atoms with Crippen LogP contribution < -0.4 is 5.56 Å². The predicted octanol–water partition coefficient (Wildman–Crippen LogP) is 1.16. The zero-order valence-electron chi connectivity index (χ0n) is 14.5. The minimum absolute atomic E-state index is 0.109. The number of rotatable bonds is 3. The number of aromatic nitrogens is 6. The van der Waals surface area contributed by atoms with Crippen molar-refractivity contribution in [1.82, 2.24) is 34.4 Å². The molecule has 3 heterocycles. The van der Waals surface area contributed by atoms with Crippen molar-refractivity contribution in [3.05, 3.63) is 52.7 Å². The predicted molar refractivity (Wildman–Crippen MR) is 98.1 cm³/mol. The van der Waals surface area contributed by atoms with Gasteiger partial charge in [-0.1, -0.05) is 30.3 Å². The first-order chi connectivity index (χ1) is 12.6. The number of fused-ring (bicyclic) bond motifs is 3. The van der Waals surface area contributed by atoms with Gasteiger partial charge < -0.3 is 4.90 Å². The molecule has 0 N–H and O–H groups in total. The fourth-order valence-electron chi connectivity index (χ4n) is 2.71. The van der Waals surface area contributed by atoms with Crippen molar-refractivity contribution < 1.29 is 0 Å². The lowest BCUT2D eigenvalue weighted by Crippen LogP contribution is -2.21. The topological polar surface area (TPSA) is 93.6 Å². The van der Waals surface area contributed by atoms with Crippen molar-refractivity contribution in [1.29, 1.82) is 0 Å². The Hall–Kier alpha value is -3.62. The summed E-state index contributed by atoms with van der Waals surface area (Å²) < 4.78 is 2.68. The smallest absolute Gasteiger partial charge is 0.304 e. The molecule has 0 atom stereocenters. The van der Waals surface area contributed by atoms with Crippen LogP contribution in [0.25, 0.3) is 27.9 Å². The maximum absolute atomic E-state index is 12.6. The zero-order chi connectivity index (χ0) is 18.3. The molecule has 4 rings (SSSR count). The van der Waals surface area contributed by atoms with Crippen LogP contribution in [0.4, 0.5) is 0 Å². The molecule has 130 valence electrons. The van der Waals surface area contributed by atoms with Crippen LogP contribution in [0, 0.1) is 6.92 Å². The number of benzene rings is 1. The van der Waals surface area contributed by atoms with Crippen molar-refractivity contribution in [2.75, 3.05) is 14.1 Å². The van der Waals surface area contributed by atoms with Gasteiger partial charge in [0, 0.05) is 14.1 Å². The highest BCUT2D eigenvalue weighted by atomic mass is 16.1. The molecule has 0 aliphatic carbocycles. The van der Waals surface area contributed by atoms with E-state index in [0.29, 0.717) is 11.3 Å². The van der Waals surface area contributed by atoms with Crippen molar-refractivity contribution in [2.45, 2.75) is 6.92 Å². The molecule has 0 unspecified atom stereocenters. The van der Waals surface area contributed by atoms with Gasteiger partial charge in [-0.05, 0) is 12.5 Å². The summed E-state index contributed by atoms with van der Waals surface area (Å²) in [5.41, 5.74) is 3.25. The van der Waals surface area contributed by atoms with Crippen LogP contribution in [0.3, 0.4) is 0 Å². The SMILES string of the molecule is Cc1nn2c(nnc3c(=O)n(/N=C/N(C)C)cnc32)c1-c1ccccc1. The molecular weight excluding hydrogens is 332 g/mol. The van der Waals surface area contributed by atoms with Crippen molar-refractivity contribution >= 4 is 23.1 Å². The van der Waals surface area contributed by atoms with Crippen LogP contribution >= 0.6 is 0 Å². The minimum atomic E-state index is -0.406. The Morgan fingerprint density at radius 2 is 1.88 bits per heavy atom. The Morgan fingerprint density at radius 1 is 1.12 bits per heavy atom. The maximum atomic E-state index is 12.6. The Kier molecular flexibility index (Phi) is 3.68. The Bertz CT molecular complexity index is 1190. The van der Waals surface area contributed by atoms with E-state index in [0.717, 1.165) is 21.5 Å². The molecule has 0 saturated carbocycles. The van der Waals surface area contributed by atoms with E-state index in [-0.39, 0.29) is 5.52 Å². The molecule has 0 aliphatic rings. The van der Waals surface area contributed by atoms with Gasteiger partial charge in [0.05, 0.1) is 11.3 Å². The molecule has 0 aliphatic heterocycles. The van der Waals surface area contributed by atoms with E-state index in [1.165, 1.54) is 12.7 Å². The van der Waals surface area contributed by atoms with Gasteiger partial charge in [0.2, 0.25) is 0 Å². The summed E-state index contributed by atoms with van der Waals surface area (Å²) in [6, 6.07) is 9.82. The Balaban J connectivity index is 1.97. The number of aryl methyl sites for hydroxylation is 1. The summed E-state index contributed by atoms with van der Waals surface area (Å²) in [6.07, 6.45) is 2.86. The van der Waals surface area contributed by atoms with Gasteiger partial charge in [-0.2, -0.15) is 19.4 Å². The van der Waals surface area contributed by atoms with Gasteiger partial charge in [0.1, 0.15) is 12.7 Å². The van der Waals surface area contributed by atoms with Crippen molar-refractivity contribution in [3.63, 3.8) is 0 Å². The van der Waals surface area contributed by atoms with Gasteiger partial charge in [-0.25, -0.2) is 4.98 Å². The van der Waals surface area contributed by atoms with Crippen LogP contribution in [0.15, 0.2) is 46.6 Å². The monoisotopic (exact) mass is 348 g/mol. The van der Waals surface area contributed by atoms with Crippen LogP contribution in [-0.2, 0) is 0 Å². The standard InChI is InChI=1S/C17H16N8O/c1-11-13(12-7-5-4-6-8-12)15-21-20-14-16(25(15)22-11)18-9-24(17(14)26)19-10-23(2)3/h4-10H,1-3H3/b19-10+. The molecule has 9 nitrogen and oxygen atoms in total. The third-order valence-corrected chi connectivity index (χ3v) is 3.86. The average Bonchev–Trinajstić information content (AvgIpc) is 2.98. The van der Waals surface area contributed by atoms with E-state index >= 15 is 0 Å². The van der Waals surface area contributed by atoms with Crippen molar-refractivity contribution in [2.24, 2.45) is 5.10 Å². The van der Waals surface area contributed by atoms with Crippen molar-refractivity contribution in [3.8, 4) is 11.1 Å². The fraction of sp³-hybridized carbons (Fsp3) is 0.176. The Labute approximate surface area is 148 Å². The third kappa shape index (κ3) is 2.50. The summed E-state index contributed by atoms with van der Waals surface area (Å²) in [7, 11) is 3.62. The van der Waals surface area contributed by atoms with Crippen LogP contribution in [0.5, 0.6) is 0 Å². The van der Waals surface area contributed by atoms with E-state index < -0.39 is 5.56 Å². The van der Waals surface area contributed by atoms with Crippen LogP contribution in [0.2, 0.25) is 0 Å². The zero-order valence-corrected chi connectivity index (χ0v) is 14.5. The second-order valence-corrected chi connectivity index (χ2v) is 6.02. The van der Waals surface area contributed by atoms with Gasteiger partial charge >= 0.3 is 5.56 Å². The first kappa shape index (κ1) is 15.9. The summed E-state index contributed by atoms with van der Waals surface area (Å²) in [5.74, 6) is 0. The minimum Gasteiger partial charge on any atom is -0.367 e. The number of nitrogens with zero attached hydrogens (tertiary/aromatic N) is 8. The molecule has 0 saturated heterocycles. The number of hydrogen-bond acceptors (Lipinski definition) is 6. The molecule has 0 amide bonds. The lowest BCUT2D eigenvalue weighted by molar-refractivity contribution is 0.628. The van der Waals surface area contributed by atoms with E-state index in [1.54, 1.807) is 9.42 Å². The van der Waals surface area contributed by atoms with Gasteiger partial charge in [0.15, 0.2) is 16.8 Å². The first-order valence-electron chi connectivity index (χ1n) is 7.96. The van der Waals surface area contributed by atoms with Crippen LogP contribution in [-0.4, -0.2) is 54.8 Å². The summed E-state index contributed by atoms with van der Waals surface area (Å²) in [4.78, 5) is 18.6. The molecule has 0 spiro atoms. The summed E-state index contributed by atoms with van der Waals surface area (Å²) >= 11 is 0. The highest BCUT2D eigenvalue weighted by molar-refractivity contribution is 5.83. The molecule has 9 heteroatoms. The largest absolute Gasteiger partial charge is 0.367 e. The molecule has 3 aromatic heterocycles. The van der Waals surface area contributed by atoms with E-state index in [2.05, 4.69) is 25.4 Å². The van der Waals surface area contributed by atoms with E-state index in [1.807, 2.05) is 51.4 Å². The molecular formula is C17H16N8O. The average molecular weight is 348 g/mol. The molecule has 0 fully saturated rings. The lowest BCUT2D eigenvalue weighted by Gasteiger charge is -2.04. The molecule has 0 bridgehead atoms. The van der Waals surface area contributed by atoms with E-state index in [9.17, 15) is 4.79 Å². The van der Waals surface area contributed by atoms with Gasteiger partial charge in [-0.3, -0.25) is 4.79 Å². The summed E-state index contributed by atoms with van der Waals surface area (Å²) in [5, 5.41) is 16.9. The van der Waals surface area contributed by atoms with Gasteiger partial charge in [-0.15, -0.1) is 10.2 Å². The highest BCUT2D eigenvalue weighted by Crippen LogP contribution is 2.27. The van der Waals surface area contributed by atoms with Gasteiger partial charge in [0.25, 0.3) is 0 Å². The van der Waals surface area contributed by atoms with Crippen LogP contribution in [0.1, 0.15) is 5.69 Å². The molecule has 26 heavy (non-hydrogen) atoms. The third-order valence-electron chi connectivity index (χ3n) is 3.86. The summed E-state index contributed by atoms with van der Waals surface area (Å²) in [6.45, 7) is 1.89. The fourth-order valence-corrected chi connectivity index (χ4v) is 2.71. The number of hydrogen-bond donors (Lipinski definition) is 0. The molecule has 4 aromatic rings. The maximum Gasteiger partial charge on any atom is 0.304 e.